The fourth-order valence-corrected chi connectivity index (χ4v) is 5.74. The van der Waals surface area contributed by atoms with Gasteiger partial charge >= 0.3 is 6.03 Å². The number of nitrogens with zero attached hydrogens (tertiary/aromatic N) is 1. The van der Waals surface area contributed by atoms with Crippen molar-refractivity contribution in [3.8, 4) is 0 Å². The van der Waals surface area contributed by atoms with Crippen molar-refractivity contribution in [1.29, 1.82) is 0 Å². The third kappa shape index (κ3) is 7.40. The highest BCUT2D eigenvalue weighted by atomic mass is 79.9. The number of hydrogen-bond acceptors (Lipinski definition) is 4. The molecule has 0 radical (unpaired) electrons. The molecule has 39 heavy (non-hydrogen) atoms. The summed E-state index contributed by atoms with van der Waals surface area (Å²) >= 11 is 3.45. The maximum absolute atomic E-state index is 13.4. The highest BCUT2D eigenvalue weighted by Crippen LogP contribution is 2.30. The van der Waals surface area contributed by atoms with Crippen LogP contribution >= 0.6 is 15.9 Å². The number of rotatable bonds is 8. The minimum atomic E-state index is -0.373. The van der Waals surface area contributed by atoms with Crippen molar-refractivity contribution in [1.82, 2.24) is 5.32 Å². The molecule has 7 nitrogen and oxygen atoms in total. The Hall–Kier alpha value is -3.36. The van der Waals surface area contributed by atoms with E-state index in [0.29, 0.717) is 29.4 Å². The summed E-state index contributed by atoms with van der Waals surface area (Å²) in [5.41, 5.74) is 4.06. The smallest absolute Gasteiger partial charge is 0.323 e. The van der Waals surface area contributed by atoms with Gasteiger partial charge < -0.3 is 25.6 Å². The normalized spacial score (nSPS) is 17.6. The summed E-state index contributed by atoms with van der Waals surface area (Å²) in [4.78, 5) is 28.4. The van der Waals surface area contributed by atoms with Crippen molar-refractivity contribution in [2.24, 2.45) is 5.92 Å². The third-order valence-electron chi connectivity index (χ3n) is 7.46. The summed E-state index contributed by atoms with van der Waals surface area (Å²) < 4.78 is 6.49. The maximum atomic E-state index is 13.4. The number of nitrogens with one attached hydrogen (secondary N) is 3. The molecule has 2 aliphatic rings. The predicted molar refractivity (Wildman–Crippen MR) is 160 cm³/mol. The Morgan fingerprint density at radius 1 is 0.923 bits per heavy atom. The number of amides is 3. The summed E-state index contributed by atoms with van der Waals surface area (Å²) in [6.45, 7) is 3.00. The van der Waals surface area contributed by atoms with Crippen LogP contribution in [-0.2, 0) is 11.2 Å². The van der Waals surface area contributed by atoms with Crippen LogP contribution in [0.15, 0.2) is 77.3 Å². The monoisotopic (exact) mass is 590 g/mol. The average molecular weight is 592 g/mol. The van der Waals surface area contributed by atoms with E-state index in [9.17, 15) is 9.59 Å². The van der Waals surface area contributed by atoms with Crippen LogP contribution < -0.4 is 20.9 Å². The van der Waals surface area contributed by atoms with Crippen LogP contribution in [-0.4, -0.2) is 44.3 Å². The molecule has 3 aromatic rings. The first-order chi connectivity index (χ1) is 19.0. The standard InChI is InChI=1S/C31H35BrN4O3/c32-27-10-4-5-11-28(27)35-31(38)34-24-12-13-29(26(20-24)30(37)33-21-25-9-6-18-39-25)36-16-14-23(15-17-36)19-22-7-2-1-3-8-22/h1-5,7-8,10-13,20,23,25H,6,9,14-19,21H2,(H,33,37)(H2,34,35,38)/t25-/m1/s1. The minimum absolute atomic E-state index is 0.0579. The molecule has 0 saturated carbocycles. The molecule has 2 fully saturated rings. The lowest BCUT2D eigenvalue weighted by Gasteiger charge is -2.35. The van der Waals surface area contributed by atoms with Crippen LogP contribution in [0.5, 0.6) is 0 Å². The maximum Gasteiger partial charge on any atom is 0.323 e. The Kier molecular flexibility index (Phi) is 9.16. The zero-order valence-electron chi connectivity index (χ0n) is 22.0. The van der Waals surface area contributed by atoms with Gasteiger partial charge in [-0.25, -0.2) is 4.79 Å². The Morgan fingerprint density at radius 3 is 2.44 bits per heavy atom. The molecule has 2 saturated heterocycles. The first-order valence-corrected chi connectivity index (χ1v) is 14.5. The van der Waals surface area contributed by atoms with Crippen molar-refractivity contribution in [2.45, 2.75) is 38.2 Å². The number of ether oxygens (including phenoxy) is 1. The fraction of sp³-hybridized carbons (Fsp3) is 0.355. The van der Waals surface area contributed by atoms with Gasteiger partial charge in [-0.2, -0.15) is 0 Å². The van der Waals surface area contributed by atoms with Gasteiger partial charge in [0, 0.05) is 42.1 Å². The molecule has 0 aliphatic carbocycles. The molecule has 2 heterocycles. The van der Waals surface area contributed by atoms with E-state index in [-0.39, 0.29) is 18.0 Å². The molecule has 0 aromatic heterocycles. The van der Waals surface area contributed by atoms with Crippen molar-refractivity contribution >= 4 is 44.9 Å². The predicted octanol–water partition coefficient (Wildman–Crippen LogP) is 6.46. The molecular formula is C31H35BrN4O3. The number of para-hydroxylation sites is 1. The zero-order valence-corrected chi connectivity index (χ0v) is 23.6. The van der Waals surface area contributed by atoms with Gasteiger partial charge in [-0.3, -0.25) is 4.79 Å². The van der Waals surface area contributed by atoms with Gasteiger partial charge in [0.05, 0.1) is 17.4 Å². The van der Waals surface area contributed by atoms with Crippen LogP contribution in [0.3, 0.4) is 0 Å². The summed E-state index contributed by atoms with van der Waals surface area (Å²) in [6.07, 6.45) is 5.26. The average Bonchev–Trinajstić information content (AvgIpc) is 3.48. The van der Waals surface area contributed by atoms with E-state index >= 15 is 0 Å². The molecule has 0 unspecified atom stereocenters. The highest BCUT2D eigenvalue weighted by molar-refractivity contribution is 9.10. The summed E-state index contributed by atoms with van der Waals surface area (Å²) in [6, 6.07) is 23.3. The summed E-state index contributed by atoms with van der Waals surface area (Å²) in [5, 5.41) is 8.79. The van der Waals surface area contributed by atoms with Crippen molar-refractivity contribution in [3.63, 3.8) is 0 Å². The van der Waals surface area contributed by atoms with E-state index in [4.69, 9.17) is 4.74 Å². The van der Waals surface area contributed by atoms with Crippen LogP contribution in [0.1, 0.15) is 41.6 Å². The van der Waals surface area contributed by atoms with Gasteiger partial charge in [0.1, 0.15) is 0 Å². The van der Waals surface area contributed by atoms with Gasteiger partial charge in [0.15, 0.2) is 0 Å². The number of carbonyl (C=O) groups excluding carboxylic acids is 2. The Morgan fingerprint density at radius 2 is 1.69 bits per heavy atom. The number of hydrogen-bond donors (Lipinski definition) is 3. The molecule has 2 aliphatic heterocycles. The molecule has 204 valence electrons. The first kappa shape index (κ1) is 27.2. The Bertz CT molecular complexity index is 1270. The van der Waals surface area contributed by atoms with E-state index < -0.39 is 0 Å². The van der Waals surface area contributed by atoms with Gasteiger partial charge in [0.25, 0.3) is 5.91 Å². The second-order valence-corrected chi connectivity index (χ2v) is 11.1. The Balaban J connectivity index is 1.28. The molecule has 5 rings (SSSR count). The van der Waals surface area contributed by atoms with Gasteiger partial charge in [-0.1, -0.05) is 42.5 Å². The van der Waals surface area contributed by atoms with E-state index in [1.807, 2.05) is 36.4 Å². The molecule has 1 atom stereocenters. The molecule has 3 N–H and O–H groups in total. The van der Waals surface area contributed by atoms with Crippen molar-refractivity contribution < 1.29 is 14.3 Å². The number of anilines is 3. The quantitative estimate of drug-likeness (QED) is 0.281. The second kappa shape index (κ2) is 13.1. The molecule has 3 aromatic carbocycles. The number of halogens is 1. The second-order valence-electron chi connectivity index (χ2n) is 10.3. The van der Waals surface area contributed by atoms with Crippen LogP contribution in [0.25, 0.3) is 0 Å². The van der Waals surface area contributed by atoms with Gasteiger partial charge in [0.2, 0.25) is 0 Å². The van der Waals surface area contributed by atoms with Gasteiger partial charge in [-0.05, 0) is 89.8 Å². The molecule has 0 spiro atoms. The molecular weight excluding hydrogens is 556 g/mol. The lowest BCUT2D eigenvalue weighted by molar-refractivity contribution is 0.0858. The topological polar surface area (TPSA) is 82.7 Å². The van der Waals surface area contributed by atoms with E-state index in [2.05, 4.69) is 67.1 Å². The molecule has 0 bridgehead atoms. The first-order valence-electron chi connectivity index (χ1n) is 13.7. The van der Waals surface area contributed by atoms with Crippen molar-refractivity contribution in [2.75, 3.05) is 41.8 Å². The number of benzene rings is 3. The fourth-order valence-electron chi connectivity index (χ4n) is 5.35. The SMILES string of the molecule is O=C(Nc1ccc(N2CCC(Cc3ccccc3)CC2)c(C(=O)NC[C@H]2CCCO2)c1)Nc1ccccc1Br. The van der Waals surface area contributed by atoms with Crippen molar-refractivity contribution in [3.05, 3.63) is 88.4 Å². The van der Waals surface area contributed by atoms with E-state index in [0.717, 1.165) is 62.0 Å². The van der Waals surface area contributed by atoms with E-state index in [1.165, 1.54) is 5.56 Å². The summed E-state index contributed by atoms with van der Waals surface area (Å²) in [7, 11) is 0. The third-order valence-corrected chi connectivity index (χ3v) is 8.15. The highest BCUT2D eigenvalue weighted by Gasteiger charge is 2.25. The number of urea groups is 1. The largest absolute Gasteiger partial charge is 0.376 e. The molecule has 8 heteroatoms. The lowest BCUT2D eigenvalue weighted by Crippen LogP contribution is -2.37. The molecule has 3 amide bonds. The zero-order chi connectivity index (χ0) is 27.0. The van der Waals surface area contributed by atoms with Crippen LogP contribution in [0, 0.1) is 5.92 Å². The number of carbonyl (C=O) groups is 2. The Labute approximate surface area is 238 Å². The lowest BCUT2D eigenvalue weighted by atomic mass is 9.89. The van der Waals surface area contributed by atoms with Gasteiger partial charge in [-0.15, -0.1) is 0 Å². The van der Waals surface area contributed by atoms with E-state index in [1.54, 1.807) is 6.07 Å². The minimum Gasteiger partial charge on any atom is -0.376 e. The van der Waals surface area contributed by atoms with Crippen LogP contribution in [0.2, 0.25) is 0 Å². The van der Waals surface area contributed by atoms with Crippen LogP contribution in [0.4, 0.5) is 21.9 Å². The number of piperidine rings is 1. The summed E-state index contributed by atoms with van der Waals surface area (Å²) in [5.74, 6) is 0.476.